The fraction of sp³-hybridized carbons (Fsp3) is 0.548. The van der Waals surface area contributed by atoms with Crippen molar-refractivity contribution in [1.82, 2.24) is 4.90 Å². The van der Waals surface area contributed by atoms with Gasteiger partial charge in [-0.3, -0.25) is 0 Å². The van der Waals surface area contributed by atoms with Crippen molar-refractivity contribution >= 4 is 5.69 Å². The zero-order valence-electron chi connectivity index (χ0n) is 21.0. The van der Waals surface area contributed by atoms with Gasteiger partial charge in [0.2, 0.25) is 0 Å². The van der Waals surface area contributed by atoms with E-state index in [1.54, 1.807) is 0 Å². The Balaban J connectivity index is 1.30. The van der Waals surface area contributed by atoms with Crippen molar-refractivity contribution in [1.29, 1.82) is 0 Å². The molecule has 0 saturated heterocycles. The van der Waals surface area contributed by atoms with Crippen LogP contribution in [-0.4, -0.2) is 11.4 Å². The smallest absolute Gasteiger partial charge is 0.132 e. The molecule has 0 bridgehead atoms. The maximum atomic E-state index is 2.52. The lowest BCUT2D eigenvalue weighted by atomic mass is 10.0. The van der Waals surface area contributed by atoms with Gasteiger partial charge in [0.15, 0.2) is 0 Å². The Kier molecular flexibility index (Phi) is 12.0. The molecule has 0 radical (unpaired) electrons. The van der Waals surface area contributed by atoms with E-state index in [4.69, 9.17) is 0 Å². The predicted molar refractivity (Wildman–Crippen MR) is 144 cm³/mol. The highest BCUT2D eigenvalue weighted by Gasteiger charge is 2.28. The molecular formula is C31H46N2. The molecule has 2 aromatic carbocycles. The predicted octanol–water partition coefficient (Wildman–Crippen LogP) is 9.46. The molecule has 0 fully saturated rings. The Hall–Kier alpha value is -2.22. The average molecular weight is 447 g/mol. The molecule has 1 unspecified atom stereocenters. The van der Waals surface area contributed by atoms with Crippen molar-refractivity contribution in [3.63, 3.8) is 0 Å². The van der Waals surface area contributed by atoms with E-state index in [1.807, 2.05) is 0 Å². The van der Waals surface area contributed by atoms with Crippen LogP contribution >= 0.6 is 0 Å². The number of anilines is 1. The largest absolute Gasteiger partial charge is 0.352 e. The van der Waals surface area contributed by atoms with Crippen LogP contribution in [0.25, 0.3) is 0 Å². The van der Waals surface area contributed by atoms with Crippen LogP contribution in [0, 0.1) is 0 Å². The number of hydrogen-bond acceptors (Lipinski definition) is 2. The summed E-state index contributed by atoms with van der Waals surface area (Å²) in [5.41, 5.74) is 2.61. The van der Waals surface area contributed by atoms with Crippen molar-refractivity contribution < 1.29 is 0 Å². The highest BCUT2D eigenvalue weighted by atomic mass is 15.4. The Labute approximate surface area is 203 Å². The fourth-order valence-corrected chi connectivity index (χ4v) is 4.97. The maximum absolute atomic E-state index is 2.52. The van der Waals surface area contributed by atoms with Crippen LogP contribution in [0.15, 0.2) is 73.1 Å². The van der Waals surface area contributed by atoms with E-state index in [9.17, 15) is 0 Å². The van der Waals surface area contributed by atoms with Crippen molar-refractivity contribution in [3.8, 4) is 0 Å². The summed E-state index contributed by atoms with van der Waals surface area (Å²) < 4.78 is 0. The van der Waals surface area contributed by atoms with Gasteiger partial charge in [0, 0.05) is 24.6 Å². The van der Waals surface area contributed by atoms with Crippen LogP contribution < -0.4 is 4.90 Å². The Bertz CT molecular complexity index is 755. The second-order valence-electron chi connectivity index (χ2n) is 9.66. The minimum Gasteiger partial charge on any atom is -0.352 e. The summed E-state index contributed by atoms with van der Waals surface area (Å²) in [7, 11) is 0. The lowest BCUT2D eigenvalue weighted by molar-refractivity contribution is 0.297. The van der Waals surface area contributed by atoms with E-state index < -0.39 is 0 Å². The van der Waals surface area contributed by atoms with E-state index in [0.717, 1.165) is 6.54 Å². The summed E-state index contributed by atoms with van der Waals surface area (Å²) in [6, 6.07) is 21.7. The molecule has 180 valence electrons. The number of benzene rings is 2. The molecule has 3 rings (SSSR count). The van der Waals surface area contributed by atoms with Gasteiger partial charge < -0.3 is 9.80 Å². The van der Waals surface area contributed by atoms with Gasteiger partial charge in [0.05, 0.1) is 0 Å². The molecular weight excluding hydrogens is 400 g/mol. The number of para-hydroxylation sites is 1. The first-order valence-corrected chi connectivity index (χ1v) is 13.7. The van der Waals surface area contributed by atoms with Gasteiger partial charge in [-0.05, 0) is 24.1 Å². The summed E-state index contributed by atoms with van der Waals surface area (Å²) >= 11 is 0. The third-order valence-electron chi connectivity index (χ3n) is 6.92. The second-order valence-corrected chi connectivity index (χ2v) is 9.66. The van der Waals surface area contributed by atoms with Gasteiger partial charge in [-0.15, -0.1) is 0 Å². The van der Waals surface area contributed by atoms with Crippen LogP contribution in [0.3, 0.4) is 0 Å². The second kappa shape index (κ2) is 15.6. The van der Waals surface area contributed by atoms with Gasteiger partial charge in [-0.1, -0.05) is 139 Å². The Morgan fingerprint density at radius 1 is 0.545 bits per heavy atom. The monoisotopic (exact) mass is 446 g/mol. The number of hydrogen-bond donors (Lipinski definition) is 0. The lowest BCUT2D eigenvalue weighted by Crippen LogP contribution is -2.31. The topological polar surface area (TPSA) is 6.48 Å². The highest BCUT2D eigenvalue weighted by molar-refractivity contribution is 5.53. The zero-order valence-corrected chi connectivity index (χ0v) is 21.0. The first-order chi connectivity index (χ1) is 16.4. The van der Waals surface area contributed by atoms with Gasteiger partial charge in [0.25, 0.3) is 0 Å². The van der Waals surface area contributed by atoms with Gasteiger partial charge >= 0.3 is 0 Å². The summed E-state index contributed by atoms with van der Waals surface area (Å²) in [5.74, 6) is 0. The molecule has 0 spiro atoms. The molecule has 1 aliphatic rings. The van der Waals surface area contributed by atoms with E-state index in [-0.39, 0.29) is 6.17 Å². The molecule has 2 nitrogen and oxygen atoms in total. The third-order valence-corrected chi connectivity index (χ3v) is 6.92. The Morgan fingerprint density at radius 2 is 1.03 bits per heavy atom. The van der Waals surface area contributed by atoms with Gasteiger partial charge in [-0.2, -0.15) is 0 Å². The molecule has 33 heavy (non-hydrogen) atoms. The molecule has 1 atom stereocenters. The van der Waals surface area contributed by atoms with Gasteiger partial charge in [-0.25, -0.2) is 0 Å². The van der Waals surface area contributed by atoms with E-state index in [2.05, 4.69) is 89.8 Å². The first-order valence-electron chi connectivity index (χ1n) is 13.7. The minimum absolute atomic E-state index is 0.260. The molecule has 0 saturated carbocycles. The number of nitrogens with zero attached hydrogens (tertiary/aromatic N) is 2. The quantitative estimate of drug-likeness (QED) is 0.223. The summed E-state index contributed by atoms with van der Waals surface area (Å²) in [6.07, 6.45) is 24.5. The van der Waals surface area contributed by atoms with E-state index in [1.165, 1.54) is 101 Å². The molecule has 1 aliphatic heterocycles. The molecule has 2 aromatic rings. The summed E-state index contributed by atoms with van der Waals surface area (Å²) in [6.45, 7) is 3.42. The zero-order chi connectivity index (χ0) is 23.0. The number of rotatable bonds is 17. The van der Waals surface area contributed by atoms with Crippen molar-refractivity contribution in [2.45, 2.75) is 103 Å². The van der Waals surface area contributed by atoms with Crippen molar-refractivity contribution in [3.05, 3.63) is 78.6 Å². The van der Waals surface area contributed by atoms with Crippen molar-refractivity contribution in [2.75, 3.05) is 11.4 Å². The normalized spacial score (nSPS) is 15.5. The van der Waals surface area contributed by atoms with Crippen LogP contribution in [0.5, 0.6) is 0 Å². The van der Waals surface area contributed by atoms with Crippen LogP contribution in [0.4, 0.5) is 5.69 Å². The molecule has 0 N–H and O–H groups in total. The highest BCUT2D eigenvalue weighted by Crippen LogP contribution is 2.35. The average Bonchev–Trinajstić information content (AvgIpc) is 3.29. The van der Waals surface area contributed by atoms with E-state index in [0.29, 0.717) is 0 Å². The summed E-state index contributed by atoms with van der Waals surface area (Å²) in [4.78, 5) is 4.92. The van der Waals surface area contributed by atoms with E-state index >= 15 is 0 Å². The standard InChI is InChI=1S/C31H46N2/c1-2-3-4-5-6-7-8-9-10-11-12-13-14-21-26-32-27-28-33(30-24-19-16-20-25-30)31(32)29-22-17-15-18-23-29/h15-20,22-25,27-28,31H,2-14,21,26H2,1H3. The van der Waals surface area contributed by atoms with Crippen molar-refractivity contribution in [2.24, 2.45) is 0 Å². The maximum Gasteiger partial charge on any atom is 0.132 e. The van der Waals surface area contributed by atoms with Gasteiger partial charge in [0.1, 0.15) is 6.17 Å². The SMILES string of the molecule is CCCCCCCCCCCCCCCCN1C=CN(c2ccccc2)C1c1ccccc1. The molecule has 0 amide bonds. The third kappa shape index (κ3) is 8.91. The fourth-order valence-electron chi connectivity index (χ4n) is 4.97. The number of unbranched alkanes of at least 4 members (excludes halogenated alkanes) is 13. The molecule has 2 heteroatoms. The molecule has 1 heterocycles. The molecule has 0 aromatic heterocycles. The lowest BCUT2D eigenvalue weighted by Gasteiger charge is -2.33. The summed E-state index contributed by atoms with van der Waals surface area (Å²) in [5, 5.41) is 0. The van der Waals surface area contributed by atoms with Crippen LogP contribution in [0.2, 0.25) is 0 Å². The first kappa shape index (κ1) is 25.4. The van der Waals surface area contributed by atoms with Crippen LogP contribution in [-0.2, 0) is 0 Å². The Morgan fingerprint density at radius 3 is 1.58 bits per heavy atom. The van der Waals surface area contributed by atoms with Crippen LogP contribution in [0.1, 0.15) is 109 Å². The minimum atomic E-state index is 0.260. The molecule has 0 aliphatic carbocycles.